The molecule has 0 N–H and O–H groups in total. The van der Waals surface area contributed by atoms with E-state index in [2.05, 4.69) is 11.7 Å². The van der Waals surface area contributed by atoms with E-state index in [1.165, 1.54) is 12.0 Å². The van der Waals surface area contributed by atoms with Crippen molar-refractivity contribution in [3.05, 3.63) is 29.8 Å². The Kier molecular flexibility index (Phi) is 6.20. The summed E-state index contributed by atoms with van der Waals surface area (Å²) in [5.41, 5.74) is 0.259. The number of rotatable bonds is 4. The second kappa shape index (κ2) is 8.20. The highest BCUT2D eigenvalue weighted by Gasteiger charge is 2.43. The first-order valence-corrected chi connectivity index (χ1v) is 8.50. The molecule has 1 heterocycles. The lowest BCUT2D eigenvalue weighted by Gasteiger charge is -2.27. The van der Waals surface area contributed by atoms with Crippen molar-refractivity contribution < 1.29 is 28.6 Å². The van der Waals surface area contributed by atoms with Gasteiger partial charge < -0.3 is 14.2 Å². The smallest absolute Gasteiger partial charge is 0.411 e. The van der Waals surface area contributed by atoms with Crippen LogP contribution in [0.1, 0.15) is 37.6 Å². The van der Waals surface area contributed by atoms with E-state index in [0.717, 1.165) is 0 Å². The van der Waals surface area contributed by atoms with Crippen LogP contribution in [0, 0.1) is 0 Å². The van der Waals surface area contributed by atoms with Gasteiger partial charge in [0.05, 0.1) is 24.9 Å². The van der Waals surface area contributed by atoms with E-state index in [4.69, 9.17) is 14.2 Å². The molecule has 0 aromatic heterocycles. The SMILES string of the molecule is C=Nc1ccc(C(=O)O[C@H]2C[C@@H](C(=O)OC)N(C(=O)OC(C)(C)C)C2)cc1. The van der Waals surface area contributed by atoms with Crippen LogP contribution in [0.2, 0.25) is 0 Å². The summed E-state index contributed by atoms with van der Waals surface area (Å²) >= 11 is 0. The van der Waals surface area contributed by atoms with Gasteiger partial charge in [0.1, 0.15) is 17.7 Å². The lowest BCUT2D eigenvalue weighted by Crippen LogP contribution is -2.44. The molecule has 0 saturated carbocycles. The molecule has 0 radical (unpaired) electrons. The van der Waals surface area contributed by atoms with Crippen LogP contribution in [0.15, 0.2) is 29.3 Å². The lowest BCUT2D eigenvalue weighted by molar-refractivity contribution is -0.145. The fraction of sp³-hybridized carbons (Fsp3) is 0.474. The number of aliphatic imine (C=N–C) groups is 1. The minimum Gasteiger partial charge on any atom is -0.467 e. The first-order valence-electron chi connectivity index (χ1n) is 8.50. The largest absolute Gasteiger partial charge is 0.467 e. The Morgan fingerprint density at radius 1 is 1.19 bits per heavy atom. The van der Waals surface area contributed by atoms with Crippen LogP contribution < -0.4 is 0 Å². The molecule has 8 nitrogen and oxygen atoms in total. The fourth-order valence-electron chi connectivity index (χ4n) is 2.69. The zero-order valence-electron chi connectivity index (χ0n) is 15.9. The average Bonchev–Trinajstić information content (AvgIpc) is 3.03. The zero-order chi connectivity index (χ0) is 20.2. The van der Waals surface area contributed by atoms with Crippen molar-refractivity contribution in [2.24, 2.45) is 4.99 Å². The summed E-state index contributed by atoms with van der Waals surface area (Å²) in [5.74, 6) is -1.13. The summed E-state index contributed by atoms with van der Waals surface area (Å²) in [6.45, 7) is 8.65. The van der Waals surface area contributed by atoms with Crippen molar-refractivity contribution in [1.82, 2.24) is 4.90 Å². The third-order valence-electron chi connectivity index (χ3n) is 3.92. The maximum Gasteiger partial charge on any atom is 0.411 e. The van der Waals surface area contributed by atoms with Crippen molar-refractivity contribution in [2.75, 3.05) is 13.7 Å². The number of carbonyl (C=O) groups excluding carboxylic acids is 3. The third kappa shape index (κ3) is 5.29. The molecule has 1 amide bonds. The Morgan fingerprint density at radius 2 is 1.81 bits per heavy atom. The first kappa shape index (κ1) is 20.4. The molecule has 0 unspecified atom stereocenters. The van der Waals surface area contributed by atoms with Gasteiger partial charge in [0, 0.05) is 6.42 Å². The number of hydrogen-bond acceptors (Lipinski definition) is 7. The number of likely N-dealkylation sites (tertiary alicyclic amines) is 1. The van der Waals surface area contributed by atoms with Crippen LogP contribution >= 0.6 is 0 Å². The van der Waals surface area contributed by atoms with Crippen molar-refractivity contribution >= 4 is 30.4 Å². The van der Waals surface area contributed by atoms with E-state index in [-0.39, 0.29) is 13.0 Å². The number of ether oxygens (including phenoxy) is 3. The maximum absolute atomic E-state index is 12.4. The van der Waals surface area contributed by atoms with Crippen LogP contribution in [0.5, 0.6) is 0 Å². The van der Waals surface area contributed by atoms with E-state index >= 15 is 0 Å². The molecule has 0 spiro atoms. The van der Waals surface area contributed by atoms with Crippen LogP contribution in [-0.4, -0.2) is 61.1 Å². The number of amides is 1. The van der Waals surface area contributed by atoms with Crippen molar-refractivity contribution in [1.29, 1.82) is 0 Å². The zero-order valence-corrected chi connectivity index (χ0v) is 15.9. The number of carbonyl (C=O) groups is 3. The Morgan fingerprint density at radius 3 is 2.33 bits per heavy atom. The number of esters is 2. The summed E-state index contributed by atoms with van der Waals surface area (Å²) < 4.78 is 15.6. The van der Waals surface area contributed by atoms with Crippen LogP contribution in [0.3, 0.4) is 0 Å². The van der Waals surface area contributed by atoms with Crippen LogP contribution in [0.4, 0.5) is 10.5 Å². The molecule has 27 heavy (non-hydrogen) atoms. The van der Waals surface area contributed by atoms with Gasteiger partial charge in [-0.3, -0.25) is 9.89 Å². The minimum absolute atomic E-state index is 0.0483. The second-order valence-corrected chi connectivity index (χ2v) is 7.14. The molecule has 0 aliphatic carbocycles. The van der Waals surface area contributed by atoms with Gasteiger partial charge >= 0.3 is 18.0 Å². The van der Waals surface area contributed by atoms with Gasteiger partial charge in [-0.05, 0) is 51.8 Å². The van der Waals surface area contributed by atoms with Gasteiger partial charge in [-0.25, -0.2) is 14.4 Å². The molecule has 1 fully saturated rings. The van der Waals surface area contributed by atoms with E-state index in [0.29, 0.717) is 11.3 Å². The normalized spacial score (nSPS) is 19.3. The quantitative estimate of drug-likeness (QED) is 0.456. The maximum atomic E-state index is 12.4. The Balaban J connectivity index is 2.09. The van der Waals surface area contributed by atoms with Gasteiger partial charge in [0.25, 0.3) is 0 Å². The summed E-state index contributed by atoms with van der Waals surface area (Å²) in [7, 11) is 1.24. The highest BCUT2D eigenvalue weighted by Crippen LogP contribution is 2.25. The standard InChI is InChI=1S/C19H24N2O6/c1-19(2,3)27-18(24)21-11-14(10-15(21)17(23)25-5)26-16(22)12-6-8-13(20-4)9-7-12/h6-9,14-15H,4,10-11H2,1-3,5H3/t14-,15-/m0/s1. The predicted molar refractivity (Wildman–Crippen MR) is 98.2 cm³/mol. The number of hydrogen-bond donors (Lipinski definition) is 0. The first-order chi connectivity index (χ1) is 12.6. The van der Waals surface area contributed by atoms with Crippen molar-refractivity contribution in [3.63, 3.8) is 0 Å². The molecular weight excluding hydrogens is 352 g/mol. The van der Waals surface area contributed by atoms with E-state index in [1.807, 2.05) is 0 Å². The van der Waals surface area contributed by atoms with E-state index in [9.17, 15) is 14.4 Å². The molecule has 1 saturated heterocycles. The number of benzene rings is 1. The monoisotopic (exact) mass is 376 g/mol. The Hall–Kier alpha value is -2.90. The molecule has 1 aromatic carbocycles. The lowest BCUT2D eigenvalue weighted by atomic mass is 10.2. The highest BCUT2D eigenvalue weighted by atomic mass is 16.6. The van der Waals surface area contributed by atoms with Gasteiger partial charge in [-0.2, -0.15) is 0 Å². The van der Waals surface area contributed by atoms with E-state index in [1.54, 1.807) is 45.0 Å². The molecule has 146 valence electrons. The number of methoxy groups -OCH3 is 1. The van der Waals surface area contributed by atoms with Gasteiger partial charge in [-0.15, -0.1) is 0 Å². The molecule has 1 aliphatic rings. The van der Waals surface area contributed by atoms with Crippen LogP contribution in [-0.2, 0) is 19.0 Å². The summed E-state index contributed by atoms with van der Waals surface area (Å²) in [6, 6.07) is 5.57. The van der Waals surface area contributed by atoms with Gasteiger partial charge in [-0.1, -0.05) is 0 Å². The van der Waals surface area contributed by atoms with Gasteiger partial charge in [0.15, 0.2) is 0 Å². The topological polar surface area (TPSA) is 94.5 Å². The number of nitrogens with zero attached hydrogens (tertiary/aromatic N) is 2. The third-order valence-corrected chi connectivity index (χ3v) is 3.92. The molecule has 1 aromatic rings. The minimum atomic E-state index is -0.866. The molecule has 8 heteroatoms. The summed E-state index contributed by atoms with van der Waals surface area (Å²) in [5, 5.41) is 0. The van der Waals surface area contributed by atoms with E-state index < -0.39 is 35.8 Å². The summed E-state index contributed by atoms with van der Waals surface area (Å²) in [4.78, 5) is 41.8. The molecule has 0 bridgehead atoms. The molecule has 2 rings (SSSR count). The van der Waals surface area contributed by atoms with Gasteiger partial charge in [0.2, 0.25) is 0 Å². The highest BCUT2D eigenvalue weighted by molar-refractivity contribution is 5.90. The molecule has 1 aliphatic heterocycles. The average molecular weight is 376 g/mol. The molecular formula is C19H24N2O6. The van der Waals surface area contributed by atoms with Crippen molar-refractivity contribution in [3.8, 4) is 0 Å². The van der Waals surface area contributed by atoms with Crippen LogP contribution in [0.25, 0.3) is 0 Å². The molecule has 2 atom stereocenters. The van der Waals surface area contributed by atoms with Crippen molar-refractivity contribution in [2.45, 2.75) is 44.9 Å². The Labute approximate surface area is 158 Å². The predicted octanol–water partition coefficient (Wildman–Crippen LogP) is 2.73. The second-order valence-electron chi connectivity index (χ2n) is 7.14. The Bertz CT molecular complexity index is 723. The summed E-state index contributed by atoms with van der Waals surface area (Å²) in [6.07, 6.45) is -1.16. The fourth-order valence-corrected chi connectivity index (χ4v) is 2.69.